The third kappa shape index (κ3) is 3.41. The number of aromatic amines is 2. The molecule has 33 heavy (non-hydrogen) atoms. The smallest absolute Gasteiger partial charge is 0.278 e. The molecular formula is C23H20N6O4. The first-order valence-electron chi connectivity index (χ1n) is 10.3. The topological polar surface area (TPSA) is 133 Å². The lowest BCUT2D eigenvalue weighted by atomic mass is 9.98. The molecule has 3 N–H and O–H groups in total. The van der Waals surface area contributed by atoms with Gasteiger partial charge in [-0.2, -0.15) is 4.68 Å². The first-order valence-corrected chi connectivity index (χ1v) is 10.3. The van der Waals surface area contributed by atoms with E-state index in [1.807, 2.05) is 24.3 Å². The number of hydrogen-bond acceptors (Lipinski definition) is 5. The number of fused-ring (bicyclic) bond motifs is 1. The van der Waals surface area contributed by atoms with Crippen LogP contribution in [-0.2, 0) is 14.4 Å². The van der Waals surface area contributed by atoms with Crippen molar-refractivity contribution in [3.8, 4) is 5.95 Å². The summed E-state index contributed by atoms with van der Waals surface area (Å²) < 4.78 is 1.26. The molecular weight excluding hydrogens is 424 g/mol. The van der Waals surface area contributed by atoms with Gasteiger partial charge in [0.25, 0.3) is 5.56 Å². The molecule has 0 bridgehead atoms. The second-order valence-electron chi connectivity index (χ2n) is 7.92. The predicted octanol–water partition coefficient (Wildman–Crippen LogP) is 2.36. The van der Waals surface area contributed by atoms with Crippen LogP contribution in [0, 0.1) is 6.92 Å². The number of hydrogen-bond donors (Lipinski definition) is 3. The number of H-pyrrole nitrogens is 2. The maximum atomic E-state index is 13.2. The molecule has 2 aromatic carbocycles. The second-order valence-corrected chi connectivity index (χ2v) is 7.92. The average molecular weight is 444 g/mol. The number of nitrogens with one attached hydrogen (secondary N) is 3. The molecule has 0 saturated carbocycles. The van der Waals surface area contributed by atoms with Gasteiger partial charge in [0.2, 0.25) is 23.7 Å². The van der Waals surface area contributed by atoms with Crippen molar-refractivity contribution >= 4 is 40.1 Å². The van der Waals surface area contributed by atoms with Crippen molar-refractivity contribution in [1.29, 1.82) is 0 Å². The fourth-order valence-electron chi connectivity index (χ4n) is 4.19. The molecule has 10 nitrogen and oxygen atoms in total. The van der Waals surface area contributed by atoms with Crippen LogP contribution in [0.2, 0.25) is 0 Å². The first-order chi connectivity index (χ1) is 15.8. The Morgan fingerprint density at radius 2 is 1.82 bits per heavy atom. The molecule has 3 amide bonds. The summed E-state index contributed by atoms with van der Waals surface area (Å²) >= 11 is 0. The van der Waals surface area contributed by atoms with E-state index in [0.717, 1.165) is 10.4 Å². The van der Waals surface area contributed by atoms with Crippen molar-refractivity contribution in [3.05, 3.63) is 70.1 Å². The Balaban J connectivity index is 1.48. The Labute approximate surface area is 187 Å². The summed E-state index contributed by atoms with van der Waals surface area (Å²) in [4.78, 5) is 59.0. The lowest BCUT2D eigenvalue weighted by molar-refractivity contribution is -0.121. The zero-order valence-corrected chi connectivity index (χ0v) is 17.9. The molecule has 4 aromatic rings. The van der Waals surface area contributed by atoms with Crippen LogP contribution in [0.25, 0.3) is 17.0 Å². The van der Waals surface area contributed by atoms with Crippen LogP contribution in [0.15, 0.2) is 53.3 Å². The van der Waals surface area contributed by atoms with E-state index < -0.39 is 23.3 Å². The van der Waals surface area contributed by atoms with E-state index in [0.29, 0.717) is 28.5 Å². The Bertz CT molecular complexity index is 1440. The molecule has 5 rings (SSSR count). The molecule has 0 aliphatic carbocycles. The van der Waals surface area contributed by atoms with Gasteiger partial charge in [-0.1, -0.05) is 12.1 Å². The summed E-state index contributed by atoms with van der Waals surface area (Å²) in [6, 6.07) is 13.8. The monoisotopic (exact) mass is 444 g/mol. The summed E-state index contributed by atoms with van der Waals surface area (Å²) in [7, 11) is 0. The lowest BCUT2D eigenvalue weighted by Gasteiger charge is -2.15. The van der Waals surface area contributed by atoms with Gasteiger partial charge >= 0.3 is 0 Å². The van der Waals surface area contributed by atoms with E-state index in [1.165, 1.54) is 11.6 Å². The van der Waals surface area contributed by atoms with Gasteiger partial charge in [0, 0.05) is 24.7 Å². The molecule has 1 aliphatic heterocycles. The molecule has 1 aliphatic rings. The molecule has 0 radical (unpaired) electrons. The lowest BCUT2D eigenvalue weighted by Crippen LogP contribution is -2.31. The molecule has 10 heteroatoms. The Hall–Kier alpha value is -4.47. The number of benzene rings is 2. The molecule has 166 valence electrons. The maximum Gasteiger partial charge on any atom is 0.278 e. The number of carbonyl (C=O) groups is 3. The highest BCUT2D eigenvalue weighted by molar-refractivity contribution is 6.22. The van der Waals surface area contributed by atoms with E-state index in [4.69, 9.17) is 0 Å². The number of nitrogens with zero attached hydrogens (tertiary/aromatic N) is 3. The van der Waals surface area contributed by atoms with E-state index in [-0.39, 0.29) is 17.9 Å². The van der Waals surface area contributed by atoms with Gasteiger partial charge in [-0.05, 0) is 43.3 Å². The molecule has 1 fully saturated rings. The van der Waals surface area contributed by atoms with Crippen LogP contribution < -0.4 is 15.8 Å². The van der Waals surface area contributed by atoms with Crippen molar-refractivity contribution in [1.82, 2.24) is 19.7 Å². The fourth-order valence-corrected chi connectivity index (χ4v) is 4.19. The SMILES string of the molecule is CC(=O)Nc1ccc(N2C(=O)C[C@H](c3c(C)[nH]n(-c4nc5ccccc5[nH]4)c3=O)C2=O)cc1. The molecule has 2 aromatic heterocycles. The Morgan fingerprint density at radius 1 is 1.09 bits per heavy atom. The first kappa shape index (κ1) is 20.4. The Kier molecular flexibility index (Phi) is 4.70. The normalized spacial score (nSPS) is 16.1. The van der Waals surface area contributed by atoms with E-state index in [9.17, 15) is 19.2 Å². The van der Waals surface area contributed by atoms with Gasteiger partial charge in [-0.25, -0.2) is 4.98 Å². The van der Waals surface area contributed by atoms with E-state index in [2.05, 4.69) is 20.4 Å². The third-order valence-electron chi connectivity index (χ3n) is 5.65. The van der Waals surface area contributed by atoms with Gasteiger partial charge in [0.1, 0.15) is 0 Å². The van der Waals surface area contributed by atoms with Gasteiger partial charge in [0.15, 0.2) is 0 Å². The molecule has 1 atom stereocenters. The highest BCUT2D eigenvalue weighted by atomic mass is 16.2. The van der Waals surface area contributed by atoms with Crippen molar-refractivity contribution in [2.75, 3.05) is 10.2 Å². The third-order valence-corrected chi connectivity index (χ3v) is 5.65. The van der Waals surface area contributed by atoms with Gasteiger partial charge in [-0.15, -0.1) is 0 Å². The van der Waals surface area contributed by atoms with Gasteiger partial charge in [0.05, 0.1) is 28.2 Å². The zero-order chi connectivity index (χ0) is 23.3. The summed E-state index contributed by atoms with van der Waals surface area (Å²) in [5.74, 6) is -1.68. The van der Waals surface area contributed by atoms with Gasteiger partial charge < -0.3 is 10.3 Å². The number of imidazole rings is 1. The number of carbonyl (C=O) groups excluding carboxylic acids is 3. The van der Waals surface area contributed by atoms with Crippen molar-refractivity contribution in [2.24, 2.45) is 0 Å². The highest BCUT2D eigenvalue weighted by Gasteiger charge is 2.43. The predicted molar refractivity (Wildman–Crippen MR) is 121 cm³/mol. The fraction of sp³-hybridized carbons (Fsp3) is 0.174. The minimum absolute atomic E-state index is 0.111. The van der Waals surface area contributed by atoms with Gasteiger partial charge in [-0.3, -0.25) is 29.2 Å². The number of aromatic nitrogens is 4. The largest absolute Gasteiger partial charge is 0.326 e. The van der Waals surface area contributed by atoms with E-state index in [1.54, 1.807) is 31.2 Å². The molecule has 3 heterocycles. The number of amides is 3. The highest BCUT2D eigenvalue weighted by Crippen LogP contribution is 2.33. The quantitative estimate of drug-likeness (QED) is 0.416. The zero-order valence-electron chi connectivity index (χ0n) is 17.9. The van der Waals surface area contributed by atoms with Crippen LogP contribution in [0.3, 0.4) is 0 Å². The van der Waals surface area contributed by atoms with Crippen molar-refractivity contribution < 1.29 is 14.4 Å². The number of aryl methyl sites for hydroxylation is 1. The molecule has 0 spiro atoms. The van der Waals surface area contributed by atoms with Crippen LogP contribution >= 0.6 is 0 Å². The minimum atomic E-state index is -0.901. The maximum absolute atomic E-state index is 13.2. The number of imide groups is 1. The standard InChI is InChI=1S/C23H20N6O4/c1-12-20(22(33)29(27-12)23-25-17-5-3-4-6-18(17)26-23)16-11-19(31)28(21(16)32)15-9-7-14(8-10-15)24-13(2)30/h3-10,16,27H,11H2,1-2H3,(H,24,30)(H,25,26)/t16-/m1/s1. The number of rotatable bonds is 4. The van der Waals surface area contributed by atoms with E-state index >= 15 is 0 Å². The van der Waals surface area contributed by atoms with Crippen LogP contribution in [0.4, 0.5) is 11.4 Å². The van der Waals surface area contributed by atoms with Crippen LogP contribution in [0.5, 0.6) is 0 Å². The van der Waals surface area contributed by atoms with Crippen molar-refractivity contribution in [2.45, 2.75) is 26.2 Å². The molecule has 0 unspecified atom stereocenters. The van der Waals surface area contributed by atoms with Crippen LogP contribution in [-0.4, -0.2) is 37.5 Å². The van der Waals surface area contributed by atoms with Crippen LogP contribution in [0.1, 0.15) is 30.5 Å². The summed E-state index contributed by atoms with van der Waals surface area (Å²) in [5, 5.41) is 5.61. The summed E-state index contributed by atoms with van der Waals surface area (Å²) in [5.41, 5.74) is 2.72. The summed E-state index contributed by atoms with van der Waals surface area (Å²) in [6.45, 7) is 3.09. The summed E-state index contributed by atoms with van der Waals surface area (Å²) in [6.07, 6.45) is -0.111. The Morgan fingerprint density at radius 3 is 2.52 bits per heavy atom. The van der Waals surface area contributed by atoms with Crippen molar-refractivity contribution in [3.63, 3.8) is 0 Å². The second kappa shape index (κ2) is 7.59. The average Bonchev–Trinajstić information content (AvgIpc) is 3.41. The molecule has 1 saturated heterocycles. The number of anilines is 2. The minimum Gasteiger partial charge on any atom is -0.326 e. The number of para-hydroxylation sites is 2.